The molecule has 0 bridgehead atoms. The second kappa shape index (κ2) is 10.5. The Bertz CT molecular complexity index is 654. The lowest BCUT2D eigenvalue weighted by Crippen LogP contribution is -2.39. The van der Waals surface area contributed by atoms with Crippen molar-refractivity contribution in [2.75, 3.05) is 33.4 Å². The minimum atomic E-state index is -0.577. The molecule has 1 aromatic carbocycles. The number of hydrogen-bond acceptors (Lipinski definition) is 6. The average molecular weight is 375 g/mol. The molecule has 1 N–H and O–H groups in total. The maximum atomic E-state index is 10.4. The highest BCUT2D eigenvalue weighted by molar-refractivity contribution is 5.28. The van der Waals surface area contributed by atoms with E-state index in [0.29, 0.717) is 13.2 Å². The van der Waals surface area contributed by atoms with E-state index in [2.05, 4.69) is 11.0 Å². The summed E-state index contributed by atoms with van der Waals surface area (Å²) < 4.78 is 21.9. The molecule has 1 saturated heterocycles. The molecule has 6 nitrogen and oxygen atoms in total. The monoisotopic (exact) mass is 375 g/mol. The molecule has 1 aliphatic heterocycles. The zero-order valence-electron chi connectivity index (χ0n) is 15.9. The van der Waals surface area contributed by atoms with Crippen molar-refractivity contribution in [3.8, 4) is 5.75 Å². The molecule has 2 aromatic rings. The van der Waals surface area contributed by atoms with Crippen LogP contribution < -0.4 is 4.74 Å². The summed E-state index contributed by atoms with van der Waals surface area (Å²) >= 11 is 0. The Kier molecular flexibility index (Phi) is 7.71. The summed E-state index contributed by atoms with van der Waals surface area (Å²) in [6.07, 6.45) is 3.44. The maximum absolute atomic E-state index is 10.4. The molecule has 2 atom stereocenters. The van der Waals surface area contributed by atoms with Crippen LogP contribution in [0.1, 0.15) is 24.2 Å². The van der Waals surface area contributed by atoms with Crippen LogP contribution in [0.3, 0.4) is 0 Å². The maximum Gasteiger partial charge on any atom is 0.129 e. The van der Waals surface area contributed by atoms with Crippen LogP contribution >= 0.6 is 0 Å². The Morgan fingerprint density at radius 3 is 2.96 bits per heavy atom. The Morgan fingerprint density at radius 2 is 2.22 bits per heavy atom. The van der Waals surface area contributed by atoms with Crippen LogP contribution in [0.5, 0.6) is 5.75 Å². The largest absolute Gasteiger partial charge is 0.497 e. The van der Waals surface area contributed by atoms with Gasteiger partial charge in [0.1, 0.15) is 18.1 Å². The van der Waals surface area contributed by atoms with E-state index in [1.807, 2.05) is 30.3 Å². The smallest absolute Gasteiger partial charge is 0.129 e. The Hall–Kier alpha value is -1.86. The standard InChI is InChI=1S/C21H29NO5/c1-24-19-6-2-5-17(11-19)12-22(14-20-7-3-9-26-20)13-18(23)15-25-16-21-8-4-10-27-21/h2,4-6,8,10-11,18,20,23H,3,7,9,12-16H2,1H3/t18-,20+/m1/s1. The second-order valence-corrected chi connectivity index (χ2v) is 6.93. The quantitative estimate of drug-likeness (QED) is 0.652. The van der Waals surface area contributed by atoms with Gasteiger partial charge in [-0.1, -0.05) is 12.1 Å². The summed E-state index contributed by atoms with van der Waals surface area (Å²) in [5.41, 5.74) is 1.15. The molecule has 0 saturated carbocycles. The number of furan rings is 1. The van der Waals surface area contributed by atoms with Crippen molar-refractivity contribution in [1.82, 2.24) is 4.90 Å². The van der Waals surface area contributed by atoms with Crippen molar-refractivity contribution in [2.24, 2.45) is 0 Å². The first-order valence-corrected chi connectivity index (χ1v) is 9.48. The third-order valence-electron chi connectivity index (χ3n) is 4.63. The predicted molar refractivity (Wildman–Crippen MR) is 102 cm³/mol. The number of methoxy groups -OCH3 is 1. The lowest BCUT2D eigenvalue weighted by molar-refractivity contribution is -0.00636. The van der Waals surface area contributed by atoms with E-state index in [1.54, 1.807) is 13.4 Å². The van der Waals surface area contributed by atoms with Crippen LogP contribution in [0.25, 0.3) is 0 Å². The second-order valence-electron chi connectivity index (χ2n) is 6.93. The number of nitrogens with zero attached hydrogens (tertiary/aromatic N) is 1. The zero-order valence-corrected chi connectivity index (χ0v) is 15.9. The molecule has 2 heterocycles. The third kappa shape index (κ3) is 6.66. The summed E-state index contributed by atoms with van der Waals surface area (Å²) in [6.45, 7) is 3.51. The van der Waals surface area contributed by atoms with Crippen LogP contribution in [-0.4, -0.2) is 55.6 Å². The first-order chi connectivity index (χ1) is 13.2. The van der Waals surface area contributed by atoms with Gasteiger partial charge in [0.2, 0.25) is 0 Å². The Morgan fingerprint density at radius 1 is 1.30 bits per heavy atom. The first-order valence-electron chi connectivity index (χ1n) is 9.48. The van der Waals surface area contributed by atoms with Gasteiger partial charge in [-0.15, -0.1) is 0 Å². The molecule has 1 aromatic heterocycles. The fourth-order valence-electron chi connectivity index (χ4n) is 3.35. The van der Waals surface area contributed by atoms with Crippen molar-refractivity contribution in [1.29, 1.82) is 0 Å². The lowest BCUT2D eigenvalue weighted by Gasteiger charge is -2.27. The predicted octanol–water partition coefficient (Wildman–Crippen LogP) is 2.85. The molecular formula is C21H29NO5. The number of hydrogen-bond donors (Lipinski definition) is 1. The van der Waals surface area contributed by atoms with Gasteiger partial charge >= 0.3 is 0 Å². The van der Waals surface area contributed by atoms with Crippen molar-refractivity contribution in [2.45, 2.75) is 38.2 Å². The van der Waals surface area contributed by atoms with Gasteiger partial charge in [0.25, 0.3) is 0 Å². The zero-order chi connectivity index (χ0) is 18.9. The summed E-state index contributed by atoms with van der Waals surface area (Å²) in [4.78, 5) is 2.23. The molecule has 3 rings (SSSR count). The van der Waals surface area contributed by atoms with E-state index in [0.717, 1.165) is 49.6 Å². The number of aliphatic hydroxyl groups excluding tert-OH is 1. The number of ether oxygens (including phenoxy) is 3. The van der Waals surface area contributed by atoms with Crippen molar-refractivity contribution in [3.63, 3.8) is 0 Å². The van der Waals surface area contributed by atoms with Gasteiger partial charge in [-0.2, -0.15) is 0 Å². The molecule has 0 aliphatic carbocycles. The van der Waals surface area contributed by atoms with Crippen molar-refractivity contribution in [3.05, 3.63) is 54.0 Å². The number of aliphatic hydroxyl groups is 1. The van der Waals surface area contributed by atoms with Gasteiger partial charge in [0.05, 0.1) is 32.2 Å². The fourth-order valence-corrected chi connectivity index (χ4v) is 3.35. The van der Waals surface area contributed by atoms with Crippen LogP contribution in [0.2, 0.25) is 0 Å². The van der Waals surface area contributed by atoms with Crippen LogP contribution in [0, 0.1) is 0 Å². The minimum absolute atomic E-state index is 0.229. The fraction of sp³-hybridized carbons (Fsp3) is 0.524. The molecule has 0 spiro atoms. The topological polar surface area (TPSA) is 64.3 Å². The Labute approximate surface area is 160 Å². The molecule has 1 aliphatic rings. The third-order valence-corrected chi connectivity index (χ3v) is 4.63. The summed E-state index contributed by atoms with van der Waals surface area (Å²) in [7, 11) is 1.67. The molecule has 27 heavy (non-hydrogen) atoms. The number of rotatable bonds is 11. The molecule has 0 unspecified atom stereocenters. The van der Waals surface area contributed by atoms with Gasteiger partial charge in [-0.3, -0.25) is 4.90 Å². The lowest BCUT2D eigenvalue weighted by atomic mass is 10.1. The normalized spacial score (nSPS) is 18.1. The molecule has 0 amide bonds. The molecule has 148 valence electrons. The van der Waals surface area contributed by atoms with E-state index in [1.165, 1.54) is 0 Å². The van der Waals surface area contributed by atoms with E-state index in [-0.39, 0.29) is 12.7 Å². The van der Waals surface area contributed by atoms with Gasteiger partial charge in [0.15, 0.2) is 0 Å². The average Bonchev–Trinajstić information content (AvgIpc) is 3.36. The van der Waals surface area contributed by atoms with E-state index >= 15 is 0 Å². The van der Waals surface area contributed by atoms with Crippen LogP contribution in [-0.2, 0) is 22.6 Å². The van der Waals surface area contributed by atoms with Gasteiger partial charge in [-0.05, 0) is 42.7 Å². The Balaban J connectivity index is 1.53. The highest BCUT2D eigenvalue weighted by Crippen LogP contribution is 2.18. The molecule has 0 radical (unpaired) electrons. The van der Waals surface area contributed by atoms with Crippen molar-refractivity contribution >= 4 is 0 Å². The van der Waals surface area contributed by atoms with Crippen LogP contribution in [0.4, 0.5) is 0 Å². The van der Waals surface area contributed by atoms with Crippen LogP contribution in [0.15, 0.2) is 47.1 Å². The molecular weight excluding hydrogens is 346 g/mol. The SMILES string of the molecule is COc1cccc(CN(C[C@@H](O)COCc2ccco2)C[C@@H]2CCCO2)c1. The van der Waals surface area contributed by atoms with E-state index < -0.39 is 6.10 Å². The van der Waals surface area contributed by atoms with Gasteiger partial charge in [-0.25, -0.2) is 0 Å². The van der Waals surface area contributed by atoms with E-state index in [9.17, 15) is 5.11 Å². The summed E-state index contributed by atoms with van der Waals surface area (Å²) in [5.74, 6) is 1.60. The number of benzene rings is 1. The van der Waals surface area contributed by atoms with Gasteiger partial charge in [0, 0.05) is 26.2 Å². The highest BCUT2D eigenvalue weighted by Gasteiger charge is 2.21. The molecule has 1 fully saturated rings. The minimum Gasteiger partial charge on any atom is -0.497 e. The summed E-state index contributed by atoms with van der Waals surface area (Å²) in [5, 5.41) is 10.4. The van der Waals surface area contributed by atoms with E-state index in [4.69, 9.17) is 18.6 Å². The highest BCUT2D eigenvalue weighted by atomic mass is 16.5. The van der Waals surface area contributed by atoms with Gasteiger partial charge < -0.3 is 23.7 Å². The molecule has 6 heteroatoms. The van der Waals surface area contributed by atoms with Crippen molar-refractivity contribution < 1.29 is 23.7 Å². The first kappa shape index (κ1) is 19.9. The summed E-state index contributed by atoms with van der Waals surface area (Å²) in [6, 6.07) is 11.7.